The largest absolute Gasteiger partial charge is 0.490 e. The van der Waals surface area contributed by atoms with Gasteiger partial charge in [0, 0.05) is 12.2 Å². The van der Waals surface area contributed by atoms with Crippen molar-refractivity contribution in [3.05, 3.63) is 58.9 Å². The molecule has 1 amide bonds. The van der Waals surface area contributed by atoms with Crippen LogP contribution in [0.15, 0.2) is 36.5 Å². The highest BCUT2D eigenvalue weighted by atomic mass is 16.6. The molecule has 1 aliphatic heterocycles. The topological polar surface area (TPSA) is 51.7 Å². The van der Waals surface area contributed by atoms with E-state index in [9.17, 15) is 4.79 Å². The molecule has 1 aliphatic rings. The van der Waals surface area contributed by atoms with Crippen molar-refractivity contribution in [2.45, 2.75) is 91.2 Å². The molecule has 0 N–H and O–H groups in total. The number of pyridine rings is 1. The molecule has 5 heteroatoms. The molecular weight excluding hydrogens is 412 g/mol. The molecule has 1 fully saturated rings. The van der Waals surface area contributed by atoms with Crippen molar-refractivity contribution in [3.63, 3.8) is 0 Å². The van der Waals surface area contributed by atoms with Crippen LogP contribution < -0.4 is 4.74 Å². The number of benzene rings is 1. The molecule has 5 nitrogen and oxygen atoms in total. The van der Waals surface area contributed by atoms with E-state index in [0.717, 1.165) is 43.7 Å². The highest BCUT2D eigenvalue weighted by Gasteiger charge is 2.35. The number of hydrogen-bond donors (Lipinski definition) is 0. The van der Waals surface area contributed by atoms with Gasteiger partial charge in [-0.15, -0.1) is 0 Å². The smallest absolute Gasteiger partial charge is 0.410 e. The molecule has 180 valence electrons. The number of ether oxygens (including phenoxy) is 2. The summed E-state index contributed by atoms with van der Waals surface area (Å²) in [5.74, 6) is 1.25. The van der Waals surface area contributed by atoms with Gasteiger partial charge < -0.3 is 14.4 Å². The van der Waals surface area contributed by atoms with Crippen molar-refractivity contribution in [3.8, 4) is 5.75 Å². The Morgan fingerprint density at radius 3 is 2.55 bits per heavy atom. The van der Waals surface area contributed by atoms with E-state index >= 15 is 0 Å². The van der Waals surface area contributed by atoms with Crippen LogP contribution in [0.25, 0.3) is 0 Å². The van der Waals surface area contributed by atoms with Crippen LogP contribution >= 0.6 is 0 Å². The summed E-state index contributed by atoms with van der Waals surface area (Å²) in [6, 6.07) is 11.2. The van der Waals surface area contributed by atoms with Crippen molar-refractivity contribution < 1.29 is 14.3 Å². The Balaban J connectivity index is 1.52. The van der Waals surface area contributed by atoms with E-state index in [1.807, 2.05) is 20.8 Å². The fourth-order valence-electron chi connectivity index (χ4n) is 4.10. The number of amides is 1. The molecule has 1 saturated heterocycles. The van der Waals surface area contributed by atoms with Crippen LogP contribution in [0.1, 0.15) is 82.2 Å². The molecule has 0 radical (unpaired) electrons. The monoisotopic (exact) mass is 452 g/mol. The van der Waals surface area contributed by atoms with Gasteiger partial charge in [-0.1, -0.05) is 44.5 Å². The number of likely N-dealkylation sites (tertiary alicyclic amines) is 1. The van der Waals surface area contributed by atoms with Gasteiger partial charge >= 0.3 is 6.09 Å². The van der Waals surface area contributed by atoms with E-state index in [2.05, 4.69) is 56.1 Å². The molecule has 3 rings (SSSR count). The van der Waals surface area contributed by atoms with Gasteiger partial charge in [0.05, 0.1) is 12.2 Å². The number of rotatable bonds is 9. The molecule has 1 aromatic carbocycles. The second kappa shape index (κ2) is 11.0. The van der Waals surface area contributed by atoms with Gasteiger partial charge in [-0.25, -0.2) is 4.79 Å². The van der Waals surface area contributed by atoms with Gasteiger partial charge in [0.1, 0.15) is 18.0 Å². The molecule has 33 heavy (non-hydrogen) atoms. The minimum atomic E-state index is -0.484. The summed E-state index contributed by atoms with van der Waals surface area (Å²) in [6.07, 6.45) is 6.80. The summed E-state index contributed by atoms with van der Waals surface area (Å²) in [5, 5.41) is 0. The van der Waals surface area contributed by atoms with E-state index < -0.39 is 5.60 Å². The fourth-order valence-corrected chi connectivity index (χ4v) is 4.10. The van der Waals surface area contributed by atoms with E-state index in [1.165, 1.54) is 23.1 Å². The Morgan fingerprint density at radius 2 is 1.94 bits per heavy atom. The quantitative estimate of drug-likeness (QED) is 0.438. The summed E-state index contributed by atoms with van der Waals surface area (Å²) in [7, 11) is 0. The van der Waals surface area contributed by atoms with Gasteiger partial charge in [-0.2, -0.15) is 0 Å². The number of carbonyl (C=O) groups is 1. The second-order valence-electron chi connectivity index (χ2n) is 10.3. The van der Waals surface area contributed by atoms with Crippen LogP contribution in [-0.2, 0) is 17.6 Å². The predicted octanol–water partition coefficient (Wildman–Crippen LogP) is 6.47. The normalized spacial score (nSPS) is 16.8. The zero-order chi connectivity index (χ0) is 24.0. The van der Waals surface area contributed by atoms with Crippen LogP contribution in [0.2, 0.25) is 0 Å². The Kier molecular flexibility index (Phi) is 8.39. The highest BCUT2D eigenvalue weighted by Crippen LogP contribution is 2.26. The molecule has 0 unspecified atom stereocenters. The van der Waals surface area contributed by atoms with E-state index in [4.69, 9.17) is 9.47 Å². The molecule has 2 atom stereocenters. The minimum Gasteiger partial charge on any atom is -0.490 e. The second-order valence-corrected chi connectivity index (χ2v) is 10.3. The highest BCUT2D eigenvalue weighted by molar-refractivity contribution is 5.69. The summed E-state index contributed by atoms with van der Waals surface area (Å²) in [6.45, 7) is 13.4. The lowest BCUT2D eigenvalue weighted by Crippen LogP contribution is -2.55. The third-order valence-electron chi connectivity index (χ3n) is 6.32. The first kappa shape index (κ1) is 25.1. The third-order valence-corrected chi connectivity index (χ3v) is 6.32. The van der Waals surface area contributed by atoms with Crippen molar-refractivity contribution >= 4 is 6.09 Å². The maximum absolute atomic E-state index is 12.3. The van der Waals surface area contributed by atoms with Gasteiger partial charge in [-0.05, 0) is 82.1 Å². The Bertz CT molecular complexity index is 918. The summed E-state index contributed by atoms with van der Waals surface area (Å²) >= 11 is 0. The lowest BCUT2D eigenvalue weighted by Gasteiger charge is -2.41. The average molecular weight is 453 g/mol. The molecule has 0 saturated carbocycles. The van der Waals surface area contributed by atoms with E-state index in [1.54, 1.807) is 11.1 Å². The van der Waals surface area contributed by atoms with Crippen LogP contribution in [0.4, 0.5) is 4.79 Å². The van der Waals surface area contributed by atoms with E-state index in [0.29, 0.717) is 12.5 Å². The number of carbonyl (C=O) groups excluding carboxylic acids is 1. The van der Waals surface area contributed by atoms with Crippen molar-refractivity contribution in [2.24, 2.45) is 0 Å². The van der Waals surface area contributed by atoms with Gasteiger partial charge in [0.2, 0.25) is 0 Å². The number of aryl methyl sites for hydroxylation is 3. The van der Waals surface area contributed by atoms with Crippen molar-refractivity contribution in [1.82, 2.24) is 9.88 Å². The van der Waals surface area contributed by atoms with Crippen molar-refractivity contribution in [1.29, 1.82) is 0 Å². The molecule has 0 aliphatic carbocycles. The average Bonchev–Trinajstić information content (AvgIpc) is 2.72. The number of hydrogen-bond acceptors (Lipinski definition) is 4. The molecule has 2 heterocycles. The molecule has 2 aromatic rings. The first-order valence-corrected chi connectivity index (χ1v) is 12.3. The Morgan fingerprint density at radius 1 is 1.21 bits per heavy atom. The molecule has 1 aromatic heterocycles. The SMILES string of the molecule is CCCc1ccc([C@H](C)CCc2cc(OC[C@@H]3CCN3C(=O)OC(C)(C)C)cnc2C)cc1. The number of aromatic nitrogens is 1. The first-order valence-electron chi connectivity index (χ1n) is 12.3. The maximum atomic E-state index is 12.3. The Hall–Kier alpha value is -2.56. The predicted molar refractivity (Wildman–Crippen MR) is 133 cm³/mol. The van der Waals surface area contributed by atoms with Crippen molar-refractivity contribution in [2.75, 3.05) is 13.2 Å². The van der Waals surface area contributed by atoms with Gasteiger partial charge in [0.15, 0.2) is 0 Å². The lowest BCUT2D eigenvalue weighted by atomic mass is 9.92. The summed E-state index contributed by atoms with van der Waals surface area (Å²) < 4.78 is 11.5. The zero-order valence-corrected chi connectivity index (χ0v) is 21.2. The van der Waals surface area contributed by atoms with Gasteiger partial charge in [-0.3, -0.25) is 4.98 Å². The molecular formula is C28H40N2O3. The van der Waals surface area contributed by atoms with Crippen LogP contribution in [0, 0.1) is 6.92 Å². The van der Waals surface area contributed by atoms with Crippen LogP contribution in [0.3, 0.4) is 0 Å². The van der Waals surface area contributed by atoms with Crippen LogP contribution in [-0.4, -0.2) is 40.8 Å². The minimum absolute atomic E-state index is 0.0558. The first-order chi connectivity index (χ1) is 15.7. The maximum Gasteiger partial charge on any atom is 0.410 e. The standard InChI is InChI=1S/C28H40N2O3/c1-7-8-22-10-13-23(14-11-22)20(2)9-12-24-17-26(18-29-21(24)3)32-19-25-15-16-30(25)27(31)33-28(4,5)6/h10-11,13-14,17-18,20,25H,7-9,12,15-16,19H2,1-6H3/t20-,25+/m1/s1. The Labute approximate surface area is 199 Å². The summed E-state index contributed by atoms with van der Waals surface area (Å²) in [5.41, 5.74) is 4.59. The van der Waals surface area contributed by atoms with E-state index in [-0.39, 0.29) is 12.1 Å². The third kappa shape index (κ3) is 7.21. The number of nitrogens with zero attached hydrogens (tertiary/aromatic N) is 2. The van der Waals surface area contributed by atoms with Crippen LogP contribution in [0.5, 0.6) is 5.75 Å². The molecule has 0 bridgehead atoms. The van der Waals surface area contributed by atoms with Gasteiger partial charge in [0.25, 0.3) is 0 Å². The zero-order valence-electron chi connectivity index (χ0n) is 21.2. The molecule has 0 spiro atoms. The summed E-state index contributed by atoms with van der Waals surface area (Å²) in [4.78, 5) is 18.6. The lowest BCUT2D eigenvalue weighted by molar-refractivity contribution is -0.0141. The fraction of sp³-hybridized carbons (Fsp3) is 0.571.